The van der Waals surface area contributed by atoms with Gasteiger partial charge in [0.2, 0.25) is 5.95 Å². The lowest BCUT2D eigenvalue weighted by Crippen LogP contribution is -2.35. The molecule has 0 bridgehead atoms. The lowest BCUT2D eigenvalue weighted by molar-refractivity contribution is 0.493. The first-order valence-corrected chi connectivity index (χ1v) is 6.36. The van der Waals surface area contributed by atoms with Crippen molar-refractivity contribution in [3.8, 4) is 0 Å². The summed E-state index contributed by atoms with van der Waals surface area (Å²) in [5.74, 6) is 1.34. The first kappa shape index (κ1) is 11.2. The summed E-state index contributed by atoms with van der Waals surface area (Å²) < 4.78 is 0. The van der Waals surface area contributed by atoms with Gasteiger partial charge in [-0.15, -0.1) is 0 Å². The highest BCUT2D eigenvalue weighted by molar-refractivity contribution is 5.32. The first-order valence-electron chi connectivity index (χ1n) is 6.36. The number of anilines is 1. The molecule has 1 N–H and O–H groups in total. The molecule has 0 amide bonds. The van der Waals surface area contributed by atoms with Crippen LogP contribution in [-0.4, -0.2) is 33.3 Å². The molecular weight excluding hydrogens is 226 g/mol. The van der Waals surface area contributed by atoms with Crippen LogP contribution in [0.2, 0.25) is 0 Å². The highest BCUT2D eigenvalue weighted by atomic mass is 15.3. The maximum atomic E-state index is 4.33. The maximum absolute atomic E-state index is 4.33. The number of aryl methyl sites for hydroxylation is 1. The van der Waals surface area contributed by atoms with Crippen molar-refractivity contribution in [3.05, 3.63) is 35.9 Å². The Balaban J connectivity index is 1.79. The normalized spacial score (nSPS) is 20.1. The number of H-pyrrole nitrogens is 1. The predicted octanol–water partition coefficient (Wildman–Crippen LogP) is 1.89. The van der Waals surface area contributed by atoms with E-state index in [-0.39, 0.29) is 0 Å². The molecule has 1 saturated heterocycles. The number of nitrogens with one attached hydrogen (secondary N) is 1. The van der Waals surface area contributed by atoms with E-state index in [9.17, 15) is 0 Å². The van der Waals surface area contributed by atoms with Crippen molar-refractivity contribution >= 4 is 5.95 Å². The van der Waals surface area contributed by atoms with Crippen LogP contribution in [0.4, 0.5) is 5.95 Å². The molecule has 94 valence electrons. The molecule has 5 heteroatoms. The van der Waals surface area contributed by atoms with Crippen molar-refractivity contribution in [2.24, 2.45) is 0 Å². The Kier molecular flexibility index (Phi) is 2.96. The number of hydrogen-bond donors (Lipinski definition) is 1. The van der Waals surface area contributed by atoms with Crippen LogP contribution >= 0.6 is 0 Å². The van der Waals surface area contributed by atoms with Gasteiger partial charge in [-0.25, -0.2) is 9.97 Å². The number of piperidine rings is 1. The second-order valence-electron chi connectivity index (χ2n) is 4.80. The zero-order valence-electron chi connectivity index (χ0n) is 10.5. The van der Waals surface area contributed by atoms with E-state index < -0.39 is 0 Å². The lowest BCUT2D eigenvalue weighted by Gasteiger charge is -2.32. The van der Waals surface area contributed by atoms with Gasteiger partial charge in [-0.05, 0) is 31.4 Å². The van der Waals surface area contributed by atoms with Gasteiger partial charge in [-0.1, -0.05) is 0 Å². The standard InChI is InChI=1S/C13H17N5/c1-10-8-16-17-12(10)11-4-2-7-18(9-11)13-14-5-3-6-15-13/h3,5-6,8,11H,2,4,7,9H2,1H3,(H,16,17)/t11-/m1/s1. The Morgan fingerprint density at radius 1 is 1.33 bits per heavy atom. The van der Waals surface area contributed by atoms with E-state index in [0.29, 0.717) is 5.92 Å². The van der Waals surface area contributed by atoms with Gasteiger partial charge in [0.05, 0.1) is 6.20 Å². The average Bonchev–Trinajstić information content (AvgIpc) is 2.86. The van der Waals surface area contributed by atoms with Crippen LogP contribution in [0.25, 0.3) is 0 Å². The molecule has 2 aromatic heterocycles. The van der Waals surface area contributed by atoms with Crippen molar-refractivity contribution in [2.45, 2.75) is 25.7 Å². The summed E-state index contributed by atoms with van der Waals surface area (Å²) in [4.78, 5) is 10.9. The van der Waals surface area contributed by atoms with Crippen LogP contribution in [0, 0.1) is 6.92 Å². The van der Waals surface area contributed by atoms with Gasteiger partial charge in [0.15, 0.2) is 0 Å². The van der Waals surface area contributed by atoms with Crippen molar-refractivity contribution in [3.63, 3.8) is 0 Å². The minimum atomic E-state index is 0.505. The van der Waals surface area contributed by atoms with Gasteiger partial charge < -0.3 is 4.90 Å². The van der Waals surface area contributed by atoms with Crippen molar-refractivity contribution in [1.29, 1.82) is 0 Å². The van der Waals surface area contributed by atoms with Gasteiger partial charge in [-0.3, -0.25) is 5.10 Å². The monoisotopic (exact) mass is 243 g/mol. The van der Waals surface area contributed by atoms with Crippen LogP contribution in [-0.2, 0) is 0 Å². The molecule has 18 heavy (non-hydrogen) atoms. The van der Waals surface area contributed by atoms with E-state index in [1.54, 1.807) is 12.4 Å². The summed E-state index contributed by atoms with van der Waals surface area (Å²) in [5.41, 5.74) is 2.51. The number of hydrogen-bond acceptors (Lipinski definition) is 4. The van der Waals surface area contributed by atoms with Gasteiger partial charge in [-0.2, -0.15) is 5.10 Å². The van der Waals surface area contributed by atoms with Gasteiger partial charge >= 0.3 is 0 Å². The Labute approximate surface area is 106 Å². The largest absolute Gasteiger partial charge is 0.340 e. The Morgan fingerprint density at radius 3 is 2.89 bits per heavy atom. The van der Waals surface area contributed by atoms with Crippen molar-refractivity contribution in [1.82, 2.24) is 20.2 Å². The summed E-state index contributed by atoms with van der Waals surface area (Å²) in [6, 6.07) is 1.85. The number of rotatable bonds is 2. The minimum Gasteiger partial charge on any atom is -0.340 e. The summed E-state index contributed by atoms with van der Waals surface area (Å²) in [6.45, 7) is 4.11. The Morgan fingerprint density at radius 2 is 2.17 bits per heavy atom. The summed E-state index contributed by atoms with van der Waals surface area (Å²) in [7, 11) is 0. The van der Waals surface area contributed by atoms with E-state index >= 15 is 0 Å². The highest BCUT2D eigenvalue weighted by Gasteiger charge is 2.24. The summed E-state index contributed by atoms with van der Waals surface area (Å²) in [6.07, 6.45) is 7.86. The van der Waals surface area contributed by atoms with Crippen LogP contribution in [0.5, 0.6) is 0 Å². The summed E-state index contributed by atoms with van der Waals surface area (Å²) in [5, 5.41) is 7.25. The molecule has 1 aliphatic heterocycles. The molecule has 0 unspecified atom stereocenters. The Hall–Kier alpha value is -1.91. The fourth-order valence-electron chi connectivity index (χ4n) is 2.62. The third-order valence-corrected chi connectivity index (χ3v) is 3.53. The number of aromatic nitrogens is 4. The molecule has 1 aliphatic rings. The fourth-order valence-corrected chi connectivity index (χ4v) is 2.62. The van der Waals surface area contributed by atoms with Gasteiger partial charge in [0, 0.05) is 37.1 Å². The molecule has 0 aromatic carbocycles. The molecule has 0 saturated carbocycles. The molecule has 3 rings (SSSR count). The van der Waals surface area contributed by atoms with Crippen LogP contribution in [0.15, 0.2) is 24.7 Å². The van der Waals surface area contributed by atoms with E-state index in [4.69, 9.17) is 0 Å². The second-order valence-corrected chi connectivity index (χ2v) is 4.80. The SMILES string of the molecule is Cc1cn[nH]c1[C@@H]1CCCN(c2ncccn2)C1. The third kappa shape index (κ3) is 2.08. The summed E-state index contributed by atoms with van der Waals surface area (Å²) >= 11 is 0. The molecule has 5 nitrogen and oxygen atoms in total. The van der Waals surface area contributed by atoms with Crippen LogP contribution in [0.3, 0.4) is 0 Å². The maximum Gasteiger partial charge on any atom is 0.225 e. The molecule has 0 aliphatic carbocycles. The van der Waals surface area contributed by atoms with Gasteiger partial charge in [0.1, 0.15) is 0 Å². The lowest BCUT2D eigenvalue weighted by atomic mass is 9.93. The third-order valence-electron chi connectivity index (χ3n) is 3.53. The van der Waals surface area contributed by atoms with Crippen molar-refractivity contribution < 1.29 is 0 Å². The predicted molar refractivity (Wildman–Crippen MR) is 69.5 cm³/mol. The molecule has 3 heterocycles. The topological polar surface area (TPSA) is 57.7 Å². The molecule has 0 spiro atoms. The van der Waals surface area contributed by atoms with Crippen LogP contribution < -0.4 is 4.90 Å². The Bertz CT molecular complexity index is 507. The molecule has 2 aromatic rings. The van der Waals surface area contributed by atoms with Crippen molar-refractivity contribution in [2.75, 3.05) is 18.0 Å². The zero-order chi connectivity index (χ0) is 12.4. The fraction of sp³-hybridized carbons (Fsp3) is 0.462. The highest BCUT2D eigenvalue weighted by Crippen LogP contribution is 2.28. The quantitative estimate of drug-likeness (QED) is 0.875. The second kappa shape index (κ2) is 4.76. The molecule has 1 fully saturated rings. The van der Waals surface area contributed by atoms with E-state index in [0.717, 1.165) is 19.0 Å². The molecular formula is C13H17N5. The van der Waals surface area contributed by atoms with E-state index in [1.165, 1.54) is 24.1 Å². The van der Waals surface area contributed by atoms with E-state index in [1.807, 2.05) is 12.3 Å². The number of nitrogens with zero attached hydrogens (tertiary/aromatic N) is 4. The number of aromatic amines is 1. The zero-order valence-corrected chi connectivity index (χ0v) is 10.5. The van der Waals surface area contributed by atoms with Crippen LogP contribution in [0.1, 0.15) is 30.0 Å². The average molecular weight is 243 g/mol. The molecule has 0 radical (unpaired) electrons. The first-order chi connectivity index (χ1) is 8.84. The van der Waals surface area contributed by atoms with Gasteiger partial charge in [0.25, 0.3) is 0 Å². The minimum absolute atomic E-state index is 0.505. The van der Waals surface area contributed by atoms with E-state index in [2.05, 4.69) is 32.0 Å². The molecule has 1 atom stereocenters. The smallest absolute Gasteiger partial charge is 0.225 e.